The molecule has 1 aliphatic rings. The highest BCUT2D eigenvalue weighted by molar-refractivity contribution is 6.32. The quantitative estimate of drug-likeness (QED) is 0.835. The van der Waals surface area contributed by atoms with Crippen LogP contribution in [-0.2, 0) is 0 Å². The molecule has 19 heavy (non-hydrogen) atoms. The number of anilines is 1. The third kappa shape index (κ3) is 3.16. The van der Waals surface area contributed by atoms with Gasteiger partial charge in [0, 0.05) is 32.2 Å². The van der Waals surface area contributed by atoms with E-state index in [1.807, 2.05) is 0 Å². The minimum atomic E-state index is -0.0896. The van der Waals surface area contributed by atoms with Crippen LogP contribution in [0.4, 0.5) is 5.69 Å². The highest BCUT2D eigenvalue weighted by Gasteiger charge is 2.25. The Kier molecular flexibility index (Phi) is 4.27. The van der Waals surface area contributed by atoms with Gasteiger partial charge in [-0.05, 0) is 19.9 Å². The third-order valence-corrected chi connectivity index (χ3v) is 3.72. The van der Waals surface area contributed by atoms with Crippen molar-refractivity contribution in [1.29, 1.82) is 0 Å². The van der Waals surface area contributed by atoms with Crippen molar-refractivity contribution in [1.82, 2.24) is 14.8 Å². The second kappa shape index (κ2) is 5.75. The Bertz CT molecular complexity index is 470. The number of rotatable bonds is 2. The summed E-state index contributed by atoms with van der Waals surface area (Å²) in [5.41, 5.74) is 6.50. The molecule has 6 heteroatoms. The Labute approximate surface area is 118 Å². The molecular formula is C13H19ClN4O. The molecule has 0 unspecified atom stereocenters. The summed E-state index contributed by atoms with van der Waals surface area (Å²) < 4.78 is 0. The van der Waals surface area contributed by atoms with Crippen LogP contribution in [0.5, 0.6) is 0 Å². The number of nitrogen functional groups attached to an aromatic ring is 1. The van der Waals surface area contributed by atoms with Gasteiger partial charge in [0.25, 0.3) is 5.91 Å². The van der Waals surface area contributed by atoms with Gasteiger partial charge in [-0.15, -0.1) is 0 Å². The number of nitrogens with two attached hydrogens (primary N) is 1. The van der Waals surface area contributed by atoms with E-state index in [-0.39, 0.29) is 11.1 Å². The van der Waals surface area contributed by atoms with Crippen LogP contribution >= 0.6 is 11.6 Å². The Hall–Kier alpha value is -1.33. The summed E-state index contributed by atoms with van der Waals surface area (Å²) in [6.45, 7) is 7.52. The number of carbonyl (C=O) groups excluding carboxylic acids is 1. The number of nitrogens with zero attached hydrogens (tertiary/aromatic N) is 3. The predicted molar refractivity (Wildman–Crippen MR) is 76.3 cm³/mol. The van der Waals surface area contributed by atoms with E-state index in [0.717, 1.165) is 13.1 Å². The minimum Gasteiger partial charge on any atom is -0.397 e. The highest BCUT2D eigenvalue weighted by Crippen LogP contribution is 2.19. The molecule has 2 rings (SSSR count). The van der Waals surface area contributed by atoms with Crippen molar-refractivity contribution in [2.24, 2.45) is 0 Å². The van der Waals surface area contributed by atoms with Gasteiger partial charge in [0.2, 0.25) is 0 Å². The van der Waals surface area contributed by atoms with E-state index in [1.54, 1.807) is 11.0 Å². The van der Waals surface area contributed by atoms with Crippen molar-refractivity contribution in [3.05, 3.63) is 23.0 Å². The van der Waals surface area contributed by atoms with Gasteiger partial charge in [0.05, 0.1) is 17.4 Å². The Balaban J connectivity index is 2.07. The number of hydrogen-bond donors (Lipinski definition) is 1. The van der Waals surface area contributed by atoms with Crippen LogP contribution in [0.1, 0.15) is 24.2 Å². The highest BCUT2D eigenvalue weighted by atomic mass is 35.5. The molecule has 1 amide bonds. The number of piperazine rings is 1. The minimum absolute atomic E-state index is 0.0896. The normalized spacial score (nSPS) is 16.9. The smallest absolute Gasteiger partial charge is 0.257 e. The molecule has 1 fully saturated rings. The third-order valence-electron chi connectivity index (χ3n) is 3.42. The van der Waals surface area contributed by atoms with E-state index < -0.39 is 0 Å². The fourth-order valence-corrected chi connectivity index (χ4v) is 2.41. The predicted octanol–water partition coefficient (Wildman–Crippen LogP) is 1.48. The summed E-state index contributed by atoms with van der Waals surface area (Å²) in [6, 6.07) is 2.10. The monoisotopic (exact) mass is 282 g/mol. The van der Waals surface area contributed by atoms with Crippen LogP contribution in [0.25, 0.3) is 0 Å². The molecule has 104 valence electrons. The zero-order valence-corrected chi connectivity index (χ0v) is 12.0. The Morgan fingerprint density at radius 2 is 2.00 bits per heavy atom. The molecule has 0 atom stereocenters. The zero-order chi connectivity index (χ0) is 14.0. The molecule has 2 N–H and O–H groups in total. The first-order valence-electron chi connectivity index (χ1n) is 6.43. The second-order valence-electron chi connectivity index (χ2n) is 5.03. The lowest BCUT2D eigenvalue weighted by atomic mass is 10.2. The van der Waals surface area contributed by atoms with Crippen LogP contribution in [-0.4, -0.2) is 52.9 Å². The average molecular weight is 283 g/mol. The average Bonchev–Trinajstić information content (AvgIpc) is 2.41. The first-order chi connectivity index (χ1) is 8.99. The summed E-state index contributed by atoms with van der Waals surface area (Å²) in [4.78, 5) is 20.5. The molecule has 1 aromatic rings. The van der Waals surface area contributed by atoms with Crippen molar-refractivity contribution in [3.63, 3.8) is 0 Å². The Morgan fingerprint density at radius 1 is 1.37 bits per heavy atom. The van der Waals surface area contributed by atoms with Gasteiger partial charge in [-0.1, -0.05) is 11.6 Å². The maximum absolute atomic E-state index is 12.4. The van der Waals surface area contributed by atoms with E-state index >= 15 is 0 Å². The van der Waals surface area contributed by atoms with Crippen LogP contribution in [0.15, 0.2) is 12.3 Å². The van der Waals surface area contributed by atoms with Gasteiger partial charge in [-0.2, -0.15) is 0 Å². The van der Waals surface area contributed by atoms with Crippen LogP contribution in [0, 0.1) is 0 Å². The molecule has 0 spiro atoms. The molecule has 0 saturated carbocycles. The number of carbonyl (C=O) groups is 1. The van der Waals surface area contributed by atoms with Crippen molar-refractivity contribution in [2.45, 2.75) is 19.9 Å². The summed E-state index contributed by atoms with van der Waals surface area (Å²) in [7, 11) is 0. The topological polar surface area (TPSA) is 62.5 Å². The van der Waals surface area contributed by atoms with E-state index in [2.05, 4.69) is 23.7 Å². The molecule has 5 nitrogen and oxygen atoms in total. The van der Waals surface area contributed by atoms with Crippen molar-refractivity contribution >= 4 is 23.2 Å². The maximum Gasteiger partial charge on any atom is 0.257 e. The van der Waals surface area contributed by atoms with E-state index in [9.17, 15) is 4.79 Å². The molecule has 1 aliphatic heterocycles. The van der Waals surface area contributed by atoms with Gasteiger partial charge < -0.3 is 10.6 Å². The maximum atomic E-state index is 12.4. The summed E-state index contributed by atoms with van der Waals surface area (Å²) in [5, 5.41) is 0.213. The number of aromatic nitrogens is 1. The number of hydrogen-bond acceptors (Lipinski definition) is 4. The lowest BCUT2D eigenvalue weighted by Crippen LogP contribution is -2.50. The van der Waals surface area contributed by atoms with Gasteiger partial charge in [-0.3, -0.25) is 9.69 Å². The summed E-state index contributed by atoms with van der Waals surface area (Å²) in [5.74, 6) is -0.0896. The summed E-state index contributed by atoms with van der Waals surface area (Å²) in [6.07, 6.45) is 1.45. The van der Waals surface area contributed by atoms with E-state index in [4.69, 9.17) is 17.3 Å². The first kappa shape index (κ1) is 14.1. The van der Waals surface area contributed by atoms with E-state index in [0.29, 0.717) is 30.4 Å². The van der Waals surface area contributed by atoms with Crippen LogP contribution < -0.4 is 5.73 Å². The van der Waals surface area contributed by atoms with Crippen LogP contribution in [0.2, 0.25) is 5.15 Å². The number of amides is 1. The lowest BCUT2D eigenvalue weighted by molar-refractivity contribution is 0.0595. The second-order valence-corrected chi connectivity index (χ2v) is 5.39. The molecule has 0 bridgehead atoms. The van der Waals surface area contributed by atoms with Gasteiger partial charge in [0.15, 0.2) is 0 Å². The van der Waals surface area contributed by atoms with Gasteiger partial charge in [0.1, 0.15) is 5.15 Å². The molecule has 0 aliphatic carbocycles. The van der Waals surface area contributed by atoms with Gasteiger partial charge >= 0.3 is 0 Å². The molecular weight excluding hydrogens is 264 g/mol. The van der Waals surface area contributed by atoms with Crippen LogP contribution in [0.3, 0.4) is 0 Å². The molecule has 0 aromatic carbocycles. The fraction of sp³-hybridized carbons (Fsp3) is 0.538. The van der Waals surface area contributed by atoms with Crippen molar-refractivity contribution < 1.29 is 4.79 Å². The number of halogens is 1. The van der Waals surface area contributed by atoms with Crippen molar-refractivity contribution in [3.8, 4) is 0 Å². The Morgan fingerprint density at radius 3 is 2.58 bits per heavy atom. The van der Waals surface area contributed by atoms with Gasteiger partial charge in [-0.25, -0.2) is 4.98 Å². The summed E-state index contributed by atoms with van der Waals surface area (Å²) >= 11 is 5.96. The molecule has 1 aromatic heterocycles. The molecule has 1 saturated heterocycles. The molecule has 2 heterocycles. The first-order valence-corrected chi connectivity index (χ1v) is 6.81. The fourth-order valence-electron chi connectivity index (χ4n) is 2.23. The standard InChI is InChI=1S/C13H19ClN4O/c1-9(2)17-3-5-18(6-4-17)13(19)11-7-10(15)8-16-12(11)14/h7-9H,3-6,15H2,1-2H3. The number of pyridine rings is 1. The largest absolute Gasteiger partial charge is 0.397 e. The lowest BCUT2D eigenvalue weighted by Gasteiger charge is -2.37. The molecule has 0 radical (unpaired) electrons. The van der Waals surface area contributed by atoms with Crippen molar-refractivity contribution in [2.75, 3.05) is 31.9 Å². The van der Waals surface area contributed by atoms with E-state index in [1.165, 1.54) is 6.20 Å². The zero-order valence-electron chi connectivity index (χ0n) is 11.3. The SMILES string of the molecule is CC(C)N1CCN(C(=O)c2cc(N)cnc2Cl)CC1.